The summed E-state index contributed by atoms with van der Waals surface area (Å²) in [4.78, 5) is 25.0. The second kappa shape index (κ2) is 6.31. The molecular weight excluding hydrogens is 242 g/mol. The Morgan fingerprint density at radius 3 is 1.89 bits per heavy atom. The minimum absolute atomic E-state index is 0.00204. The third-order valence-corrected chi connectivity index (χ3v) is 2.87. The van der Waals surface area contributed by atoms with Gasteiger partial charge in [0.1, 0.15) is 0 Å². The number of aryl methyl sites for hydroxylation is 1. The van der Waals surface area contributed by atoms with Gasteiger partial charge in [0, 0.05) is 12.1 Å². The zero-order valence-corrected chi connectivity index (χ0v) is 12.1. The molecule has 0 N–H and O–H groups in total. The van der Waals surface area contributed by atoms with Crippen LogP contribution >= 0.6 is 0 Å². The molecule has 0 atom stereocenters. The largest absolute Gasteiger partial charge is 0.348 e. The maximum absolute atomic E-state index is 12.4. The molecule has 0 aliphatic heterocycles. The maximum atomic E-state index is 12.4. The maximum Gasteiger partial charge on any atom is 0.348 e. The first-order valence-electron chi connectivity index (χ1n) is 6.40. The van der Waals surface area contributed by atoms with Crippen molar-refractivity contribution in [2.45, 2.75) is 46.7 Å². The Bertz CT molecular complexity index is 433. The topological polar surface area (TPSA) is 53.0 Å². The van der Waals surface area contributed by atoms with Crippen molar-refractivity contribution < 1.29 is 4.79 Å². The van der Waals surface area contributed by atoms with E-state index < -0.39 is 6.03 Å². The van der Waals surface area contributed by atoms with E-state index in [0.717, 1.165) is 10.6 Å². The van der Waals surface area contributed by atoms with Crippen LogP contribution in [0.3, 0.4) is 0 Å². The highest BCUT2D eigenvalue weighted by molar-refractivity contribution is 5.91. The summed E-state index contributed by atoms with van der Waals surface area (Å²) in [5.41, 5.74) is 1.54. The SMILES string of the molecule is Cc1ccc(N(N=O)C(=O)N(C(C)C)C(C)C)cc1. The molecule has 0 aromatic heterocycles. The van der Waals surface area contributed by atoms with Gasteiger partial charge >= 0.3 is 6.03 Å². The monoisotopic (exact) mass is 263 g/mol. The van der Waals surface area contributed by atoms with Crippen molar-refractivity contribution in [1.29, 1.82) is 0 Å². The van der Waals surface area contributed by atoms with Crippen LogP contribution in [-0.2, 0) is 0 Å². The van der Waals surface area contributed by atoms with Gasteiger partial charge in [0.15, 0.2) is 0 Å². The highest BCUT2D eigenvalue weighted by atomic mass is 16.3. The van der Waals surface area contributed by atoms with E-state index in [-0.39, 0.29) is 12.1 Å². The number of hydrogen-bond acceptors (Lipinski definition) is 3. The van der Waals surface area contributed by atoms with Gasteiger partial charge in [0.05, 0.1) is 11.0 Å². The Morgan fingerprint density at radius 2 is 1.53 bits per heavy atom. The van der Waals surface area contributed by atoms with Crippen LogP contribution in [0.1, 0.15) is 33.3 Å². The van der Waals surface area contributed by atoms with Crippen LogP contribution in [0.2, 0.25) is 0 Å². The van der Waals surface area contributed by atoms with Crippen molar-refractivity contribution in [1.82, 2.24) is 4.90 Å². The first-order chi connectivity index (χ1) is 8.88. The van der Waals surface area contributed by atoms with Crippen molar-refractivity contribution in [2.24, 2.45) is 5.29 Å². The molecule has 0 aliphatic rings. The van der Waals surface area contributed by atoms with E-state index in [1.807, 2.05) is 46.8 Å². The summed E-state index contributed by atoms with van der Waals surface area (Å²) in [6, 6.07) is 6.72. The van der Waals surface area contributed by atoms with Crippen LogP contribution in [-0.4, -0.2) is 23.0 Å². The number of nitrogens with zero attached hydrogens (tertiary/aromatic N) is 3. The van der Waals surface area contributed by atoms with E-state index in [9.17, 15) is 9.70 Å². The molecule has 1 rings (SSSR count). The van der Waals surface area contributed by atoms with Crippen molar-refractivity contribution in [3.05, 3.63) is 34.7 Å². The predicted molar refractivity (Wildman–Crippen MR) is 77.0 cm³/mol. The van der Waals surface area contributed by atoms with Gasteiger partial charge in [-0.1, -0.05) is 17.7 Å². The third-order valence-electron chi connectivity index (χ3n) is 2.87. The third kappa shape index (κ3) is 3.53. The van der Waals surface area contributed by atoms with Crippen molar-refractivity contribution in [3.8, 4) is 0 Å². The number of nitroso groups, excluding NO2 is 1. The van der Waals surface area contributed by atoms with Gasteiger partial charge in [-0.25, -0.2) is 4.79 Å². The first-order valence-corrected chi connectivity index (χ1v) is 6.40. The molecule has 0 radical (unpaired) electrons. The highest BCUT2D eigenvalue weighted by Crippen LogP contribution is 2.19. The molecule has 1 aromatic carbocycles. The lowest BCUT2D eigenvalue weighted by Crippen LogP contribution is -2.48. The molecule has 1 aromatic rings. The summed E-state index contributed by atoms with van der Waals surface area (Å²) in [5, 5.41) is 3.77. The smallest absolute Gasteiger partial charge is 0.318 e. The molecule has 2 amide bonds. The van der Waals surface area contributed by atoms with Gasteiger partial charge in [0.2, 0.25) is 0 Å². The predicted octanol–water partition coefficient (Wildman–Crippen LogP) is 3.72. The molecule has 0 bridgehead atoms. The Balaban J connectivity index is 3.05. The number of benzene rings is 1. The van der Waals surface area contributed by atoms with Crippen LogP contribution in [0.5, 0.6) is 0 Å². The highest BCUT2D eigenvalue weighted by Gasteiger charge is 2.27. The van der Waals surface area contributed by atoms with Gasteiger partial charge < -0.3 is 4.90 Å². The van der Waals surface area contributed by atoms with Gasteiger partial charge in [0.25, 0.3) is 0 Å². The average Bonchev–Trinajstić information content (AvgIpc) is 2.31. The lowest BCUT2D eigenvalue weighted by atomic mass is 10.2. The van der Waals surface area contributed by atoms with Crippen LogP contribution in [0.4, 0.5) is 10.5 Å². The van der Waals surface area contributed by atoms with Crippen molar-refractivity contribution in [2.75, 3.05) is 5.01 Å². The van der Waals surface area contributed by atoms with Gasteiger partial charge in [-0.2, -0.15) is 0 Å². The average molecular weight is 263 g/mol. The standard InChI is InChI=1S/C14H21N3O2/c1-10(2)16(11(3)4)14(18)17(15-19)13-8-6-12(5)7-9-13/h6-11H,1-5H3. The minimum atomic E-state index is -0.399. The number of rotatable bonds is 4. The summed E-state index contributed by atoms with van der Waals surface area (Å²) < 4.78 is 0. The Hall–Kier alpha value is -1.91. The molecule has 0 heterocycles. The van der Waals surface area contributed by atoms with E-state index in [4.69, 9.17) is 0 Å². The Morgan fingerprint density at radius 1 is 1.05 bits per heavy atom. The molecule has 5 nitrogen and oxygen atoms in total. The molecule has 0 unspecified atom stereocenters. The lowest BCUT2D eigenvalue weighted by molar-refractivity contribution is 0.171. The minimum Gasteiger partial charge on any atom is -0.318 e. The van der Waals surface area contributed by atoms with E-state index in [1.165, 1.54) is 0 Å². The molecule has 0 spiro atoms. The van der Waals surface area contributed by atoms with Gasteiger partial charge in [-0.05, 0) is 46.8 Å². The van der Waals surface area contributed by atoms with E-state index in [2.05, 4.69) is 5.29 Å². The Kier molecular flexibility index (Phi) is 5.03. The zero-order chi connectivity index (χ0) is 14.6. The van der Waals surface area contributed by atoms with Crippen molar-refractivity contribution in [3.63, 3.8) is 0 Å². The number of carbonyl (C=O) groups is 1. The summed E-state index contributed by atoms with van der Waals surface area (Å²) in [6.07, 6.45) is 0. The van der Waals surface area contributed by atoms with Crippen LogP contribution in [0.25, 0.3) is 0 Å². The summed E-state index contributed by atoms with van der Waals surface area (Å²) >= 11 is 0. The fourth-order valence-corrected chi connectivity index (χ4v) is 2.03. The fraction of sp³-hybridized carbons (Fsp3) is 0.500. The number of hydrogen-bond donors (Lipinski definition) is 0. The lowest BCUT2D eigenvalue weighted by Gasteiger charge is -2.32. The first kappa shape index (κ1) is 15.1. The normalized spacial score (nSPS) is 10.7. The number of urea groups is 1. The summed E-state index contributed by atoms with van der Waals surface area (Å²) in [5.74, 6) is 0. The number of carbonyl (C=O) groups excluding carboxylic acids is 1. The molecule has 0 saturated heterocycles. The number of anilines is 1. The summed E-state index contributed by atoms with van der Waals surface area (Å²) in [6.45, 7) is 9.59. The summed E-state index contributed by atoms with van der Waals surface area (Å²) in [7, 11) is 0. The van der Waals surface area contributed by atoms with Crippen LogP contribution in [0.15, 0.2) is 29.6 Å². The zero-order valence-electron chi connectivity index (χ0n) is 12.1. The van der Waals surface area contributed by atoms with E-state index in [1.54, 1.807) is 17.0 Å². The molecule has 19 heavy (non-hydrogen) atoms. The number of amides is 2. The van der Waals surface area contributed by atoms with Crippen LogP contribution in [0, 0.1) is 11.8 Å². The molecule has 104 valence electrons. The molecular formula is C14H21N3O2. The van der Waals surface area contributed by atoms with E-state index in [0.29, 0.717) is 5.69 Å². The van der Waals surface area contributed by atoms with E-state index >= 15 is 0 Å². The second-order valence-electron chi connectivity index (χ2n) is 5.11. The molecule has 5 heteroatoms. The second-order valence-corrected chi connectivity index (χ2v) is 5.11. The molecule has 0 fully saturated rings. The van der Waals surface area contributed by atoms with Crippen LogP contribution < -0.4 is 5.01 Å². The van der Waals surface area contributed by atoms with Crippen molar-refractivity contribution >= 4 is 11.7 Å². The fourth-order valence-electron chi connectivity index (χ4n) is 2.03. The van der Waals surface area contributed by atoms with Gasteiger partial charge in [-0.15, -0.1) is 9.92 Å². The molecule has 0 saturated carbocycles. The molecule has 0 aliphatic carbocycles. The Labute approximate surface area is 114 Å². The van der Waals surface area contributed by atoms with Gasteiger partial charge in [-0.3, -0.25) is 0 Å². The quantitative estimate of drug-likeness (QED) is 0.614.